The second kappa shape index (κ2) is 6.78. The molecule has 1 aromatic rings. The molecule has 7 heteroatoms. The lowest BCUT2D eigenvalue weighted by molar-refractivity contribution is -0.123. The number of hydrogen-bond acceptors (Lipinski definition) is 3. The van der Waals surface area contributed by atoms with E-state index in [-0.39, 0.29) is 12.0 Å². The van der Waals surface area contributed by atoms with Crippen molar-refractivity contribution < 1.29 is 22.8 Å². The molecule has 0 aliphatic carbocycles. The maximum atomic E-state index is 14.5. The van der Waals surface area contributed by atoms with Crippen molar-refractivity contribution in [2.45, 2.75) is 50.3 Å². The zero-order chi connectivity index (χ0) is 17.2. The van der Waals surface area contributed by atoms with Gasteiger partial charge in [0.15, 0.2) is 5.54 Å². The van der Waals surface area contributed by atoms with Crippen molar-refractivity contribution in [1.29, 1.82) is 0 Å². The van der Waals surface area contributed by atoms with Crippen molar-refractivity contribution in [2.24, 2.45) is 0 Å². The Kier molecular flexibility index (Phi) is 5.94. The van der Waals surface area contributed by atoms with Gasteiger partial charge in [-0.25, -0.2) is 13.2 Å². The highest BCUT2D eigenvalue weighted by molar-refractivity contribution is 7.90. The van der Waals surface area contributed by atoms with Crippen LogP contribution < -0.4 is 4.72 Å². The molecule has 0 amide bonds. The van der Waals surface area contributed by atoms with Crippen molar-refractivity contribution in [3.63, 3.8) is 0 Å². The Hall–Kier alpha value is -0.760. The van der Waals surface area contributed by atoms with Gasteiger partial charge in [-0.2, -0.15) is 0 Å². The van der Waals surface area contributed by atoms with Crippen LogP contribution in [0.4, 0.5) is 13.2 Å². The third-order valence-electron chi connectivity index (χ3n) is 3.51. The van der Waals surface area contributed by atoms with Gasteiger partial charge < -0.3 is 9.66 Å². The third-order valence-corrected chi connectivity index (χ3v) is 5.16. The average molecular weight is 337 g/mol. The van der Waals surface area contributed by atoms with Crippen molar-refractivity contribution in [1.82, 2.24) is 4.72 Å². The van der Waals surface area contributed by atoms with Gasteiger partial charge in [-0.1, -0.05) is 25.1 Å². The van der Waals surface area contributed by atoms with E-state index in [1.54, 1.807) is 20.8 Å². The van der Waals surface area contributed by atoms with Crippen LogP contribution >= 0.6 is 0 Å². The molecule has 1 aromatic carbocycles. The molecule has 0 unspecified atom stereocenters. The lowest BCUT2D eigenvalue weighted by Crippen LogP contribution is -2.61. The summed E-state index contributed by atoms with van der Waals surface area (Å²) in [5.41, 5.74) is -2.57. The Morgan fingerprint density at radius 3 is 2.18 bits per heavy atom. The molecule has 126 valence electrons. The molecule has 0 heterocycles. The number of hydrogen-bond donors (Lipinski definition) is 2. The monoisotopic (exact) mass is 337 g/mol. The number of halogens is 3. The Bertz CT molecular complexity index is 508. The highest BCUT2D eigenvalue weighted by Crippen LogP contribution is 2.42. The van der Waals surface area contributed by atoms with Crippen molar-refractivity contribution in [2.75, 3.05) is 6.61 Å². The van der Waals surface area contributed by atoms with Gasteiger partial charge in [-0.3, -0.25) is 0 Å². The highest BCUT2D eigenvalue weighted by atomic mass is 32.2. The van der Waals surface area contributed by atoms with Crippen LogP contribution in [-0.4, -0.2) is 26.9 Å². The van der Waals surface area contributed by atoms with Gasteiger partial charge in [0.05, 0.1) is 0 Å². The standard InChI is InChI=1S/C15H22F3NO2S/c1-5-14(15(17,18)10-20,19-22(21)13(2,3)4)11-8-6-7-9-12(11)16/h6-9,19-20H,5,10H2,1-4H3/t14-,22+/m1/s1. The number of alkyl halides is 2. The van der Waals surface area contributed by atoms with E-state index in [0.717, 1.165) is 6.07 Å². The van der Waals surface area contributed by atoms with Crippen molar-refractivity contribution in [3.8, 4) is 0 Å². The van der Waals surface area contributed by atoms with Crippen molar-refractivity contribution in [3.05, 3.63) is 35.6 Å². The summed E-state index contributed by atoms with van der Waals surface area (Å²) in [6.07, 6.45) is -0.247. The smallest absolute Gasteiger partial charge is 0.296 e. The average Bonchev–Trinajstić information content (AvgIpc) is 2.44. The maximum absolute atomic E-state index is 14.5. The fraction of sp³-hybridized carbons (Fsp3) is 0.600. The van der Waals surface area contributed by atoms with E-state index < -0.39 is 40.0 Å². The number of nitrogens with one attached hydrogen (secondary N) is 1. The van der Waals surface area contributed by atoms with Crippen LogP contribution in [0.2, 0.25) is 0 Å². The van der Waals surface area contributed by atoms with Crippen LogP contribution in [0.15, 0.2) is 24.3 Å². The lowest BCUT2D eigenvalue weighted by Gasteiger charge is -2.41. The Balaban J connectivity index is 3.48. The van der Waals surface area contributed by atoms with Gasteiger partial charge in [-0.05, 0) is 33.3 Å². The Labute approximate surface area is 132 Å². The first-order valence-corrected chi connectivity index (χ1v) is 8.10. The quantitative estimate of drug-likeness (QED) is 0.784. The van der Waals surface area contributed by atoms with E-state index in [1.165, 1.54) is 25.1 Å². The lowest BCUT2D eigenvalue weighted by atomic mass is 9.82. The fourth-order valence-electron chi connectivity index (χ4n) is 2.10. The minimum Gasteiger partial charge on any atom is -0.598 e. The van der Waals surface area contributed by atoms with Gasteiger partial charge >= 0.3 is 0 Å². The normalized spacial score (nSPS) is 17.1. The van der Waals surface area contributed by atoms with E-state index in [0.29, 0.717) is 0 Å². The van der Waals surface area contributed by atoms with Gasteiger partial charge in [0.25, 0.3) is 5.92 Å². The van der Waals surface area contributed by atoms with E-state index >= 15 is 0 Å². The van der Waals surface area contributed by atoms with Gasteiger partial charge in [-0.15, -0.1) is 4.72 Å². The summed E-state index contributed by atoms with van der Waals surface area (Å²) in [7, 11) is 0. The van der Waals surface area contributed by atoms with Crippen molar-refractivity contribution >= 4 is 11.4 Å². The molecular formula is C15H22F3NO2S. The van der Waals surface area contributed by atoms with E-state index in [9.17, 15) is 17.7 Å². The van der Waals surface area contributed by atoms with E-state index in [1.807, 2.05) is 0 Å². The number of rotatable bonds is 6. The number of aliphatic hydroxyl groups excluding tert-OH is 1. The molecule has 2 N–H and O–H groups in total. The van der Waals surface area contributed by atoms with Crippen LogP contribution in [0, 0.1) is 5.82 Å². The first kappa shape index (κ1) is 19.3. The molecule has 0 saturated heterocycles. The van der Waals surface area contributed by atoms with E-state index in [4.69, 9.17) is 5.11 Å². The predicted molar refractivity (Wildman–Crippen MR) is 81.4 cm³/mol. The Morgan fingerprint density at radius 1 is 1.23 bits per heavy atom. The summed E-state index contributed by atoms with van der Waals surface area (Å²) in [6.45, 7) is 4.81. The van der Waals surface area contributed by atoms with Crippen LogP contribution in [0.25, 0.3) is 0 Å². The number of benzene rings is 1. The minimum absolute atomic E-state index is 0.247. The summed E-state index contributed by atoms with van der Waals surface area (Å²) in [5.74, 6) is -4.53. The second-order valence-corrected chi connectivity index (χ2v) is 8.05. The van der Waals surface area contributed by atoms with Crippen LogP contribution in [0.5, 0.6) is 0 Å². The summed E-state index contributed by atoms with van der Waals surface area (Å²) in [5, 5.41) is 9.12. The molecular weight excluding hydrogens is 315 g/mol. The topological polar surface area (TPSA) is 55.3 Å². The molecule has 0 fully saturated rings. The summed E-state index contributed by atoms with van der Waals surface area (Å²) in [6, 6.07) is 5.10. The summed E-state index contributed by atoms with van der Waals surface area (Å²) < 4.78 is 57.0. The predicted octanol–water partition coefficient (Wildman–Crippen LogP) is 3.11. The number of aliphatic hydroxyl groups is 1. The van der Waals surface area contributed by atoms with Gasteiger partial charge in [0.2, 0.25) is 0 Å². The molecule has 2 atom stereocenters. The highest BCUT2D eigenvalue weighted by Gasteiger charge is 2.58. The molecule has 0 aliphatic rings. The first-order valence-electron chi connectivity index (χ1n) is 6.95. The largest absolute Gasteiger partial charge is 0.598 e. The molecule has 1 rings (SSSR count). The molecule has 0 aromatic heterocycles. The molecule has 0 bridgehead atoms. The summed E-state index contributed by atoms with van der Waals surface area (Å²) in [4.78, 5) is 0. The van der Waals surface area contributed by atoms with Crippen LogP contribution in [0.3, 0.4) is 0 Å². The first-order chi connectivity index (χ1) is 10.0. The zero-order valence-electron chi connectivity index (χ0n) is 13.1. The molecule has 0 saturated carbocycles. The van der Waals surface area contributed by atoms with Gasteiger partial charge in [0.1, 0.15) is 17.2 Å². The fourth-order valence-corrected chi connectivity index (χ4v) is 3.13. The molecule has 0 spiro atoms. The molecule has 0 aliphatic heterocycles. The molecule has 3 nitrogen and oxygen atoms in total. The van der Waals surface area contributed by atoms with E-state index in [2.05, 4.69) is 4.72 Å². The van der Waals surface area contributed by atoms with Crippen LogP contribution in [-0.2, 0) is 16.9 Å². The molecule has 0 radical (unpaired) electrons. The minimum atomic E-state index is -3.69. The Morgan fingerprint density at radius 2 is 1.77 bits per heavy atom. The summed E-state index contributed by atoms with van der Waals surface area (Å²) >= 11 is -1.87. The maximum Gasteiger partial charge on any atom is 0.296 e. The zero-order valence-corrected chi connectivity index (χ0v) is 13.9. The third kappa shape index (κ3) is 3.59. The van der Waals surface area contributed by atoms with Gasteiger partial charge in [0, 0.05) is 16.9 Å². The molecule has 22 heavy (non-hydrogen) atoms. The second-order valence-electron chi connectivity index (χ2n) is 6.08. The SMILES string of the molecule is CC[C@@](N[S@@+]([O-])C(C)(C)C)(c1ccccc1F)C(F)(F)CO. The van der Waals surface area contributed by atoms with Crippen LogP contribution in [0.1, 0.15) is 39.7 Å².